The molecule has 268 valence electrons. The lowest BCUT2D eigenvalue weighted by molar-refractivity contribution is 0.693. The summed E-state index contributed by atoms with van der Waals surface area (Å²) in [5.74, 6) is 0. The van der Waals surface area contributed by atoms with Gasteiger partial charge < -0.3 is 9.13 Å². The summed E-state index contributed by atoms with van der Waals surface area (Å²) in [4.78, 5) is 4.42. The topological polar surface area (TPSA) is 22.8 Å². The van der Waals surface area contributed by atoms with E-state index in [2.05, 4.69) is 202 Å². The summed E-state index contributed by atoms with van der Waals surface area (Å²) in [5.41, 5.74) is 17.3. The molecule has 7 aromatic carbocycles. The van der Waals surface area contributed by atoms with Gasteiger partial charge in [-0.1, -0.05) is 139 Å². The van der Waals surface area contributed by atoms with Crippen LogP contribution in [0.3, 0.4) is 0 Å². The van der Waals surface area contributed by atoms with Gasteiger partial charge in [-0.2, -0.15) is 0 Å². The number of rotatable bonds is 5. The quantitative estimate of drug-likeness (QED) is 0.173. The molecule has 0 amide bonds. The van der Waals surface area contributed by atoms with Crippen molar-refractivity contribution in [2.75, 3.05) is 0 Å². The molecular weight excluding hydrogens is 691 g/mol. The molecule has 0 radical (unpaired) electrons. The molecular formula is C54H37N3. The third kappa shape index (κ3) is 4.57. The third-order valence-electron chi connectivity index (χ3n) is 12.6. The molecule has 12 rings (SSSR count). The lowest BCUT2D eigenvalue weighted by Gasteiger charge is -2.36. The second-order valence-corrected chi connectivity index (χ2v) is 15.4. The highest BCUT2D eigenvalue weighted by molar-refractivity contribution is 6.12. The van der Waals surface area contributed by atoms with Crippen LogP contribution in [-0.4, -0.2) is 14.1 Å². The lowest BCUT2D eigenvalue weighted by Crippen LogP contribution is -2.30. The van der Waals surface area contributed by atoms with Crippen LogP contribution in [0.25, 0.3) is 77.2 Å². The molecule has 0 saturated carbocycles. The van der Waals surface area contributed by atoms with E-state index in [9.17, 15) is 0 Å². The Kier molecular flexibility index (Phi) is 6.97. The fourth-order valence-corrected chi connectivity index (χ4v) is 10.2. The minimum atomic E-state index is -0.356. The van der Waals surface area contributed by atoms with Crippen molar-refractivity contribution in [3.05, 3.63) is 223 Å². The number of allylic oxidation sites excluding steroid dienone is 4. The Morgan fingerprint density at radius 1 is 0.474 bits per heavy atom. The summed E-state index contributed by atoms with van der Waals surface area (Å²) in [6.45, 7) is 0. The second-order valence-electron chi connectivity index (χ2n) is 15.4. The van der Waals surface area contributed by atoms with Crippen LogP contribution in [0, 0.1) is 0 Å². The average Bonchev–Trinajstić information content (AvgIpc) is 3.90. The maximum absolute atomic E-state index is 4.42. The van der Waals surface area contributed by atoms with Gasteiger partial charge >= 0.3 is 0 Å². The Morgan fingerprint density at radius 3 is 1.79 bits per heavy atom. The third-order valence-corrected chi connectivity index (χ3v) is 12.6. The number of hydrogen-bond donors (Lipinski definition) is 0. The van der Waals surface area contributed by atoms with Crippen LogP contribution >= 0.6 is 0 Å². The molecule has 3 heterocycles. The van der Waals surface area contributed by atoms with Crippen molar-refractivity contribution in [1.82, 2.24) is 14.1 Å². The highest BCUT2D eigenvalue weighted by Gasteiger charge is 2.47. The Balaban J connectivity index is 0.997. The van der Waals surface area contributed by atoms with Gasteiger partial charge in [0.1, 0.15) is 0 Å². The fourth-order valence-electron chi connectivity index (χ4n) is 10.2. The summed E-state index contributed by atoms with van der Waals surface area (Å²) in [6.07, 6.45) is 12.9. The SMILES string of the molecule is C1=CCCC(C2(c3ccccc3)c3ccccc3-c3cc4c(cc32)c2ccccc2n4-c2ccc(-c3ccc(-n4c5ccccc5c5cnccc54)cc3)cc2)=C1. The molecule has 2 aliphatic rings. The van der Waals surface area contributed by atoms with E-state index in [4.69, 9.17) is 0 Å². The lowest BCUT2D eigenvalue weighted by atomic mass is 9.65. The number of para-hydroxylation sites is 2. The fraction of sp³-hybridized carbons (Fsp3) is 0.0556. The molecule has 2 aliphatic carbocycles. The Labute approximate surface area is 331 Å². The van der Waals surface area contributed by atoms with Gasteiger partial charge in [0.05, 0.1) is 27.5 Å². The molecule has 1 unspecified atom stereocenters. The van der Waals surface area contributed by atoms with E-state index >= 15 is 0 Å². The summed E-state index contributed by atoms with van der Waals surface area (Å²) >= 11 is 0. The van der Waals surface area contributed by atoms with Gasteiger partial charge in [0.15, 0.2) is 0 Å². The first-order chi connectivity index (χ1) is 28.3. The van der Waals surface area contributed by atoms with E-state index < -0.39 is 0 Å². The molecule has 1 atom stereocenters. The zero-order valence-electron chi connectivity index (χ0n) is 31.3. The van der Waals surface area contributed by atoms with E-state index in [1.165, 1.54) is 82.6 Å². The van der Waals surface area contributed by atoms with E-state index in [-0.39, 0.29) is 5.41 Å². The maximum Gasteiger partial charge on any atom is 0.0676 e. The number of benzene rings is 7. The van der Waals surface area contributed by atoms with Gasteiger partial charge in [0.2, 0.25) is 0 Å². The van der Waals surface area contributed by atoms with Gasteiger partial charge in [-0.3, -0.25) is 4.98 Å². The van der Waals surface area contributed by atoms with Crippen LogP contribution < -0.4 is 0 Å². The van der Waals surface area contributed by atoms with Crippen molar-refractivity contribution in [2.24, 2.45) is 0 Å². The Bertz CT molecular complexity index is 3220. The summed E-state index contributed by atoms with van der Waals surface area (Å²) in [5, 5.41) is 4.94. The van der Waals surface area contributed by atoms with Gasteiger partial charge in [0.25, 0.3) is 0 Å². The standard InChI is InChI=1S/C54H37N3/c1-3-13-38(14-4-1)54(39-15-5-2-6-16-39)48-20-10-7-17-42(48)45-34-53-46(33-49(45)54)43-18-8-11-21-50(43)57(53)41-29-25-37(26-30-41)36-23-27-40(28-24-36)56-51-22-12-9-19-44(51)47-35-55-32-31-52(47)56/h1-5,7-15,17-35H,6,16H2. The predicted octanol–water partition coefficient (Wildman–Crippen LogP) is 13.5. The van der Waals surface area contributed by atoms with Gasteiger partial charge in [-0.15, -0.1) is 0 Å². The maximum atomic E-state index is 4.42. The molecule has 0 N–H and O–H groups in total. The second kappa shape index (κ2) is 12.4. The number of hydrogen-bond acceptors (Lipinski definition) is 1. The van der Waals surface area contributed by atoms with E-state index in [1.807, 2.05) is 12.4 Å². The monoisotopic (exact) mass is 727 g/mol. The first kappa shape index (κ1) is 32.1. The number of pyridine rings is 1. The van der Waals surface area contributed by atoms with Gasteiger partial charge in [-0.25, -0.2) is 0 Å². The van der Waals surface area contributed by atoms with Crippen LogP contribution in [0.2, 0.25) is 0 Å². The van der Waals surface area contributed by atoms with Crippen molar-refractivity contribution in [3.63, 3.8) is 0 Å². The van der Waals surface area contributed by atoms with E-state index in [0.717, 1.165) is 29.7 Å². The largest absolute Gasteiger partial charge is 0.309 e. The van der Waals surface area contributed by atoms with E-state index in [1.54, 1.807) is 0 Å². The number of aromatic nitrogens is 3. The van der Waals surface area contributed by atoms with Gasteiger partial charge in [-0.05, 0) is 106 Å². The molecule has 57 heavy (non-hydrogen) atoms. The smallest absolute Gasteiger partial charge is 0.0676 e. The highest BCUT2D eigenvalue weighted by Crippen LogP contribution is 2.58. The zero-order valence-corrected chi connectivity index (χ0v) is 31.3. The van der Waals surface area contributed by atoms with Crippen molar-refractivity contribution >= 4 is 43.6 Å². The van der Waals surface area contributed by atoms with Crippen LogP contribution in [-0.2, 0) is 5.41 Å². The predicted molar refractivity (Wildman–Crippen MR) is 237 cm³/mol. The minimum Gasteiger partial charge on any atom is -0.309 e. The van der Waals surface area contributed by atoms with Crippen LogP contribution in [0.4, 0.5) is 0 Å². The molecule has 0 aliphatic heterocycles. The highest BCUT2D eigenvalue weighted by atomic mass is 15.0. The summed E-state index contributed by atoms with van der Waals surface area (Å²) in [6, 6.07) is 62.9. The minimum absolute atomic E-state index is 0.356. The number of fused-ring (bicyclic) bond motifs is 9. The first-order valence-corrected chi connectivity index (χ1v) is 19.9. The molecule has 3 heteroatoms. The molecule has 0 fully saturated rings. The zero-order chi connectivity index (χ0) is 37.5. The molecule has 0 saturated heterocycles. The van der Waals surface area contributed by atoms with Crippen LogP contribution in [0.1, 0.15) is 29.5 Å². The van der Waals surface area contributed by atoms with Gasteiger partial charge in [0, 0.05) is 45.3 Å². The van der Waals surface area contributed by atoms with Crippen LogP contribution in [0.5, 0.6) is 0 Å². The Hall–Kier alpha value is -7.23. The molecule has 3 aromatic heterocycles. The molecule has 10 aromatic rings. The van der Waals surface area contributed by atoms with Crippen molar-refractivity contribution in [1.29, 1.82) is 0 Å². The van der Waals surface area contributed by atoms with Crippen molar-refractivity contribution in [3.8, 4) is 33.6 Å². The average molecular weight is 728 g/mol. The first-order valence-electron chi connectivity index (χ1n) is 19.9. The van der Waals surface area contributed by atoms with E-state index in [0.29, 0.717) is 0 Å². The molecule has 3 nitrogen and oxygen atoms in total. The normalized spacial score (nSPS) is 16.0. The summed E-state index contributed by atoms with van der Waals surface area (Å²) in [7, 11) is 0. The number of nitrogens with zero attached hydrogens (tertiary/aromatic N) is 3. The Morgan fingerprint density at radius 2 is 1.09 bits per heavy atom. The van der Waals surface area contributed by atoms with Crippen LogP contribution in [0.15, 0.2) is 206 Å². The summed E-state index contributed by atoms with van der Waals surface area (Å²) < 4.78 is 4.80. The molecule has 0 spiro atoms. The van der Waals surface area contributed by atoms with Crippen molar-refractivity contribution < 1.29 is 0 Å². The van der Waals surface area contributed by atoms with Crippen molar-refractivity contribution in [2.45, 2.75) is 18.3 Å². The molecule has 0 bridgehead atoms.